The number of nitrogens with zero attached hydrogens (tertiary/aromatic N) is 2. The standard InChI is InChI=1S/C19H36N6O4/c1-11(2)8-9-14(18(26)27)22-19(28)23-15(12(3)4)17-24-16(25-29-17)13(21)7-5-6-10-20/h11-15H,5-10,20-21H2,1-4H3,(H,26,27)(H2,22,23,28)/t13-,14-,15-/m0/s1. The van der Waals surface area contributed by atoms with E-state index in [1.54, 1.807) is 0 Å². The molecule has 10 heteroatoms. The molecule has 1 aromatic rings. The molecule has 1 aromatic heterocycles. The van der Waals surface area contributed by atoms with Crippen molar-refractivity contribution in [3.8, 4) is 0 Å². The highest BCUT2D eigenvalue weighted by molar-refractivity contribution is 5.82. The minimum atomic E-state index is -1.06. The highest BCUT2D eigenvalue weighted by Crippen LogP contribution is 2.22. The molecule has 29 heavy (non-hydrogen) atoms. The molecule has 0 aromatic carbocycles. The maximum absolute atomic E-state index is 12.4. The summed E-state index contributed by atoms with van der Waals surface area (Å²) in [5.74, 6) is -0.151. The number of carbonyl (C=O) groups is 2. The van der Waals surface area contributed by atoms with E-state index in [0.29, 0.717) is 37.5 Å². The number of carboxylic acid groups (broad SMARTS) is 1. The lowest BCUT2D eigenvalue weighted by atomic mass is 10.0. The Morgan fingerprint density at radius 1 is 1.10 bits per heavy atom. The number of unbranched alkanes of at least 4 members (excludes halogenated alkanes) is 1. The molecule has 10 nitrogen and oxygen atoms in total. The van der Waals surface area contributed by atoms with E-state index in [9.17, 15) is 14.7 Å². The van der Waals surface area contributed by atoms with Crippen LogP contribution in [-0.2, 0) is 4.79 Å². The molecular formula is C19H36N6O4. The first kappa shape index (κ1) is 24.8. The molecule has 3 atom stereocenters. The summed E-state index contributed by atoms with van der Waals surface area (Å²) in [6.07, 6.45) is 3.47. The van der Waals surface area contributed by atoms with Crippen molar-refractivity contribution < 1.29 is 19.2 Å². The normalized spacial score (nSPS) is 14.6. The Bertz CT molecular complexity index is 634. The van der Waals surface area contributed by atoms with Crippen molar-refractivity contribution in [2.45, 2.75) is 77.9 Å². The van der Waals surface area contributed by atoms with Crippen LogP contribution in [0.15, 0.2) is 4.52 Å². The molecule has 0 aliphatic carbocycles. The van der Waals surface area contributed by atoms with Gasteiger partial charge in [0.1, 0.15) is 12.1 Å². The van der Waals surface area contributed by atoms with Gasteiger partial charge in [0.15, 0.2) is 5.82 Å². The molecule has 0 unspecified atom stereocenters. The van der Waals surface area contributed by atoms with Gasteiger partial charge in [-0.05, 0) is 44.1 Å². The smallest absolute Gasteiger partial charge is 0.326 e. The summed E-state index contributed by atoms with van der Waals surface area (Å²) >= 11 is 0. The predicted octanol–water partition coefficient (Wildman–Crippen LogP) is 2.08. The van der Waals surface area contributed by atoms with Gasteiger partial charge in [0, 0.05) is 0 Å². The zero-order valence-corrected chi connectivity index (χ0v) is 17.9. The fraction of sp³-hybridized carbons (Fsp3) is 0.789. The van der Waals surface area contributed by atoms with Gasteiger partial charge >= 0.3 is 12.0 Å². The number of nitrogens with one attached hydrogen (secondary N) is 2. The fourth-order valence-electron chi connectivity index (χ4n) is 2.77. The van der Waals surface area contributed by atoms with Crippen molar-refractivity contribution in [1.82, 2.24) is 20.8 Å². The van der Waals surface area contributed by atoms with Gasteiger partial charge < -0.3 is 31.7 Å². The van der Waals surface area contributed by atoms with Crippen LogP contribution in [0.4, 0.5) is 4.79 Å². The molecule has 7 N–H and O–H groups in total. The van der Waals surface area contributed by atoms with Gasteiger partial charge in [-0.2, -0.15) is 4.98 Å². The number of amides is 2. The average Bonchev–Trinajstić information content (AvgIpc) is 3.12. The Hall–Kier alpha value is -2.20. The SMILES string of the molecule is CC(C)CC[C@H](NC(=O)N[C@H](c1nc([C@@H](N)CCCCN)no1)C(C)C)C(=O)O. The van der Waals surface area contributed by atoms with Gasteiger partial charge in [-0.3, -0.25) is 0 Å². The largest absolute Gasteiger partial charge is 0.480 e. The fourth-order valence-corrected chi connectivity index (χ4v) is 2.77. The zero-order chi connectivity index (χ0) is 22.0. The summed E-state index contributed by atoms with van der Waals surface area (Å²) in [4.78, 5) is 28.2. The number of aliphatic carboxylic acids is 1. The minimum Gasteiger partial charge on any atom is -0.480 e. The van der Waals surface area contributed by atoms with E-state index in [4.69, 9.17) is 16.0 Å². The number of rotatable bonds is 13. The molecule has 0 fully saturated rings. The Kier molecular flexibility index (Phi) is 10.6. The van der Waals surface area contributed by atoms with E-state index in [-0.39, 0.29) is 17.9 Å². The van der Waals surface area contributed by atoms with Gasteiger partial charge in [0.25, 0.3) is 0 Å². The van der Waals surface area contributed by atoms with Crippen LogP contribution < -0.4 is 22.1 Å². The van der Waals surface area contributed by atoms with Gasteiger partial charge in [-0.15, -0.1) is 0 Å². The summed E-state index contributed by atoms with van der Waals surface area (Å²) in [6, 6.07) is -2.48. The number of carboxylic acids is 1. The number of hydrogen-bond donors (Lipinski definition) is 5. The van der Waals surface area contributed by atoms with E-state index in [2.05, 4.69) is 20.8 Å². The predicted molar refractivity (Wildman–Crippen MR) is 109 cm³/mol. The first-order chi connectivity index (χ1) is 13.6. The molecule has 166 valence electrons. The zero-order valence-electron chi connectivity index (χ0n) is 17.9. The van der Waals surface area contributed by atoms with Crippen molar-refractivity contribution in [2.75, 3.05) is 6.54 Å². The number of urea groups is 1. The second-order valence-corrected chi connectivity index (χ2v) is 8.08. The van der Waals surface area contributed by atoms with Crippen LogP contribution in [-0.4, -0.2) is 39.8 Å². The second-order valence-electron chi connectivity index (χ2n) is 8.08. The molecule has 0 saturated carbocycles. The minimum absolute atomic E-state index is 0.0542. The van der Waals surface area contributed by atoms with E-state index in [1.807, 2.05) is 27.7 Å². The lowest BCUT2D eigenvalue weighted by molar-refractivity contribution is -0.139. The molecule has 0 spiro atoms. The quantitative estimate of drug-likeness (QED) is 0.307. The topological polar surface area (TPSA) is 169 Å². The highest BCUT2D eigenvalue weighted by Gasteiger charge is 2.28. The molecule has 2 amide bonds. The number of aromatic nitrogens is 2. The maximum atomic E-state index is 12.4. The van der Waals surface area contributed by atoms with Gasteiger partial charge in [0.2, 0.25) is 5.89 Å². The second kappa shape index (κ2) is 12.4. The van der Waals surface area contributed by atoms with Crippen molar-refractivity contribution in [3.05, 3.63) is 11.7 Å². The van der Waals surface area contributed by atoms with Crippen LogP contribution in [0.1, 0.15) is 83.6 Å². The third kappa shape index (κ3) is 8.78. The van der Waals surface area contributed by atoms with Crippen LogP contribution >= 0.6 is 0 Å². The van der Waals surface area contributed by atoms with E-state index >= 15 is 0 Å². The first-order valence-electron chi connectivity index (χ1n) is 10.2. The monoisotopic (exact) mass is 412 g/mol. The Labute approximate surface area is 172 Å². The summed E-state index contributed by atoms with van der Waals surface area (Å²) in [7, 11) is 0. The molecule has 0 aliphatic rings. The molecule has 0 aliphatic heterocycles. The third-order valence-corrected chi connectivity index (χ3v) is 4.61. The Morgan fingerprint density at radius 2 is 1.79 bits per heavy atom. The molecule has 1 heterocycles. The highest BCUT2D eigenvalue weighted by atomic mass is 16.5. The van der Waals surface area contributed by atoms with Gasteiger partial charge in [-0.25, -0.2) is 9.59 Å². The summed E-state index contributed by atoms with van der Waals surface area (Å²) < 4.78 is 5.32. The van der Waals surface area contributed by atoms with Crippen molar-refractivity contribution in [2.24, 2.45) is 23.3 Å². The Balaban J connectivity index is 2.75. The summed E-state index contributed by atoms with van der Waals surface area (Å²) in [5, 5.41) is 18.5. The van der Waals surface area contributed by atoms with Crippen molar-refractivity contribution >= 4 is 12.0 Å². The van der Waals surface area contributed by atoms with Crippen molar-refractivity contribution in [1.29, 1.82) is 0 Å². The Morgan fingerprint density at radius 3 is 2.34 bits per heavy atom. The van der Waals surface area contributed by atoms with Gasteiger partial charge in [0.05, 0.1) is 6.04 Å². The number of hydrogen-bond acceptors (Lipinski definition) is 7. The average molecular weight is 413 g/mol. The van der Waals surface area contributed by atoms with Crippen LogP contribution in [0.3, 0.4) is 0 Å². The van der Waals surface area contributed by atoms with E-state index in [1.165, 1.54) is 0 Å². The molecule has 1 rings (SSSR count). The van der Waals surface area contributed by atoms with Crippen LogP contribution in [0.5, 0.6) is 0 Å². The first-order valence-corrected chi connectivity index (χ1v) is 10.2. The van der Waals surface area contributed by atoms with Crippen LogP contribution in [0.25, 0.3) is 0 Å². The number of carbonyl (C=O) groups excluding carboxylic acids is 1. The molecular weight excluding hydrogens is 376 g/mol. The molecule has 0 bridgehead atoms. The number of nitrogens with two attached hydrogens (primary N) is 2. The molecule has 0 radical (unpaired) electrons. The third-order valence-electron chi connectivity index (χ3n) is 4.61. The van der Waals surface area contributed by atoms with E-state index < -0.39 is 24.1 Å². The van der Waals surface area contributed by atoms with Crippen LogP contribution in [0.2, 0.25) is 0 Å². The van der Waals surface area contributed by atoms with E-state index in [0.717, 1.165) is 12.8 Å². The van der Waals surface area contributed by atoms with Crippen molar-refractivity contribution in [3.63, 3.8) is 0 Å². The maximum Gasteiger partial charge on any atom is 0.326 e. The summed E-state index contributed by atoms with van der Waals surface area (Å²) in [5.41, 5.74) is 11.6. The summed E-state index contributed by atoms with van der Waals surface area (Å²) in [6.45, 7) is 8.39. The van der Waals surface area contributed by atoms with Gasteiger partial charge in [-0.1, -0.05) is 39.3 Å². The lowest BCUT2D eigenvalue weighted by Gasteiger charge is -2.21. The lowest BCUT2D eigenvalue weighted by Crippen LogP contribution is -2.47. The van der Waals surface area contributed by atoms with Crippen LogP contribution in [0, 0.1) is 11.8 Å². The molecule has 0 saturated heterocycles.